The smallest absolute Gasteiger partial charge is 0.416 e. The number of methoxy groups -OCH3 is 1. The van der Waals surface area contributed by atoms with Crippen LogP contribution in [0.1, 0.15) is 42.3 Å². The van der Waals surface area contributed by atoms with Crippen molar-refractivity contribution in [2.75, 3.05) is 13.7 Å². The van der Waals surface area contributed by atoms with Gasteiger partial charge in [-0.05, 0) is 60.7 Å². The van der Waals surface area contributed by atoms with E-state index < -0.39 is 11.7 Å². The predicted octanol–water partition coefficient (Wildman–Crippen LogP) is 4.24. The van der Waals surface area contributed by atoms with Gasteiger partial charge in [0.25, 0.3) is 0 Å². The van der Waals surface area contributed by atoms with E-state index in [-0.39, 0.29) is 18.4 Å². The maximum atomic E-state index is 13.5. The molecule has 0 radical (unpaired) electrons. The lowest BCUT2D eigenvalue weighted by Gasteiger charge is -2.24. The van der Waals surface area contributed by atoms with E-state index in [0.717, 1.165) is 30.5 Å². The minimum atomic E-state index is -4.49. The van der Waals surface area contributed by atoms with E-state index >= 15 is 0 Å². The molecule has 1 N–H and O–H groups in total. The van der Waals surface area contributed by atoms with Crippen LogP contribution in [0.15, 0.2) is 36.4 Å². The van der Waals surface area contributed by atoms with E-state index in [1.807, 2.05) is 19.1 Å². The first-order chi connectivity index (χ1) is 15.8. The standard InChI is InChI=1S/C23H24F3N5O2/c1-3-31(22(32)15-5-6-15)13-16-12-17(23(24,25)26)7-8-18(16)19-10-14(4-9-20(19)33-2)11-21-27-29-30-28-21/h4,7-10,12,15H,3,5-6,11,13H2,1-2H3,(H,27,28,29,30). The molecular weight excluding hydrogens is 435 g/mol. The number of carbonyl (C=O) groups is 1. The molecule has 0 bridgehead atoms. The van der Waals surface area contributed by atoms with Crippen LogP contribution in [0.3, 0.4) is 0 Å². The van der Waals surface area contributed by atoms with Gasteiger partial charge in [0.05, 0.1) is 12.7 Å². The summed E-state index contributed by atoms with van der Waals surface area (Å²) in [6, 6.07) is 9.09. The van der Waals surface area contributed by atoms with Gasteiger partial charge in [-0.3, -0.25) is 4.79 Å². The van der Waals surface area contributed by atoms with Crippen LogP contribution in [-0.2, 0) is 23.9 Å². The van der Waals surface area contributed by atoms with Crippen LogP contribution in [0.25, 0.3) is 11.1 Å². The first-order valence-electron chi connectivity index (χ1n) is 10.7. The Morgan fingerprint density at radius 1 is 1.18 bits per heavy atom. The fourth-order valence-corrected chi connectivity index (χ4v) is 3.82. The summed E-state index contributed by atoms with van der Waals surface area (Å²) in [7, 11) is 1.51. The number of rotatable bonds is 8. The van der Waals surface area contributed by atoms with E-state index in [1.165, 1.54) is 13.2 Å². The van der Waals surface area contributed by atoms with Crippen molar-refractivity contribution in [3.63, 3.8) is 0 Å². The Labute approximate surface area is 188 Å². The summed E-state index contributed by atoms with van der Waals surface area (Å²) in [5.41, 5.74) is 1.72. The molecule has 0 saturated heterocycles. The Bertz CT molecular complexity index is 1130. The van der Waals surface area contributed by atoms with Gasteiger partial charge in [-0.25, -0.2) is 0 Å². The second-order valence-corrected chi connectivity index (χ2v) is 8.04. The normalized spacial score (nSPS) is 13.7. The number of hydrogen-bond acceptors (Lipinski definition) is 5. The summed E-state index contributed by atoms with van der Waals surface area (Å²) in [6.07, 6.45) is -2.44. The highest BCUT2D eigenvalue weighted by Crippen LogP contribution is 2.39. The lowest BCUT2D eigenvalue weighted by atomic mass is 9.94. The molecule has 1 aliphatic rings. The van der Waals surface area contributed by atoms with Gasteiger partial charge >= 0.3 is 6.18 Å². The number of nitrogens with zero attached hydrogens (tertiary/aromatic N) is 4. The van der Waals surface area contributed by atoms with Crippen LogP contribution in [0.2, 0.25) is 0 Å². The monoisotopic (exact) mass is 459 g/mol. The van der Waals surface area contributed by atoms with Crippen molar-refractivity contribution in [1.82, 2.24) is 25.5 Å². The Morgan fingerprint density at radius 3 is 2.58 bits per heavy atom. The molecule has 1 saturated carbocycles. The number of hydrogen-bond donors (Lipinski definition) is 1. The molecule has 33 heavy (non-hydrogen) atoms. The van der Waals surface area contributed by atoms with E-state index in [0.29, 0.717) is 41.2 Å². The molecule has 0 unspecified atom stereocenters. The number of carbonyl (C=O) groups excluding carboxylic acids is 1. The Balaban J connectivity index is 1.77. The summed E-state index contributed by atoms with van der Waals surface area (Å²) in [4.78, 5) is 14.3. The quantitative estimate of drug-likeness (QED) is 0.545. The van der Waals surface area contributed by atoms with Gasteiger partial charge in [-0.1, -0.05) is 17.3 Å². The molecule has 3 aromatic rings. The molecule has 2 aromatic carbocycles. The van der Waals surface area contributed by atoms with Gasteiger partial charge in [0.2, 0.25) is 5.91 Å². The van der Waals surface area contributed by atoms with Crippen molar-refractivity contribution >= 4 is 5.91 Å². The van der Waals surface area contributed by atoms with E-state index in [4.69, 9.17) is 4.74 Å². The highest BCUT2D eigenvalue weighted by molar-refractivity contribution is 5.82. The molecule has 1 aromatic heterocycles. The van der Waals surface area contributed by atoms with Crippen LogP contribution < -0.4 is 4.74 Å². The lowest BCUT2D eigenvalue weighted by molar-refractivity contribution is -0.137. The second kappa shape index (κ2) is 9.21. The number of aromatic amines is 1. The van der Waals surface area contributed by atoms with Gasteiger partial charge in [-0.15, -0.1) is 10.2 Å². The van der Waals surface area contributed by atoms with Crippen LogP contribution in [0.5, 0.6) is 5.75 Å². The van der Waals surface area contributed by atoms with Crippen molar-refractivity contribution in [1.29, 1.82) is 0 Å². The molecule has 0 atom stereocenters. The van der Waals surface area contributed by atoms with E-state index in [1.54, 1.807) is 11.0 Å². The first-order valence-corrected chi connectivity index (χ1v) is 10.7. The number of ether oxygens (including phenoxy) is 1. The van der Waals surface area contributed by atoms with E-state index in [9.17, 15) is 18.0 Å². The third-order valence-corrected chi connectivity index (χ3v) is 5.72. The SMILES string of the molecule is CCN(Cc1cc(C(F)(F)F)ccc1-c1cc(Cc2nn[nH]n2)ccc1OC)C(=O)C1CC1. The molecule has 7 nitrogen and oxygen atoms in total. The molecule has 1 heterocycles. The largest absolute Gasteiger partial charge is 0.496 e. The van der Waals surface area contributed by atoms with Crippen LogP contribution >= 0.6 is 0 Å². The number of alkyl halides is 3. The van der Waals surface area contributed by atoms with Crippen LogP contribution in [0, 0.1) is 5.92 Å². The van der Waals surface area contributed by atoms with E-state index in [2.05, 4.69) is 20.6 Å². The van der Waals surface area contributed by atoms with Gasteiger partial charge in [-0.2, -0.15) is 18.4 Å². The van der Waals surface area contributed by atoms with Crippen LogP contribution in [0.4, 0.5) is 13.2 Å². The summed E-state index contributed by atoms with van der Waals surface area (Å²) < 4.78 is 46.1. The van der Waals surface area contributed by atoms with Crippen molar-refractivity contribution in [2.24, 2.45) is 5.92 Å². The number of halogens is 3. The molecule has 1 fully saturated rings. The highest BCUT2D eigenvalue weighted by Gasteiger charge is 2.34. The number of nitrogens with one attached hydrogen (secondary N) is 1. The summed E-state index contributed by atoms with van der Waals surface area (Å²) in [5, 5.41) is 13.9. The fourth-order valence-electron chi connectivity index (χ4n) is 3.82. The fraction of sp³-hybridized carbons (Fsp3) is 0.391. The Morgan fingerprint density at radius 2 is 1.97 bits per heavy atom. The number of amides is 1. The van der Waals surface area contributed by atoms with Crippen molar-refractivity contribution in [3.8, 4) is 16.9 Å². The van der Waals surface area contributed by atoms with Crippen molar-refractivity contribution < 1.29 is 22.7 Å². The first kappa shape index (κ1) is 22.8. The highest BCUT2D eigenvalue weighted by atomic mass is 19.4. The lowest BCUT2D eigenvalue weighted by Crippen LogP contribution is -2.31. The molecule has 10 heteroatoms. The summed E-state index contributed by atoms with van der Waals surface area (Å²) >= 11 is 0. The van der Waals surface area contributed by atoms with Gasteiger partial charge in [0.1, 0.15) is 5.75 Å². The van der Waals surface area contributed by atoms with Crippen molar-refractivity contribution in [3.05, 3.63) is 58.9 Å². The minimum absolute atomic E-state index is 0.0151. The Kier molecular flexibility index (Phi) is 6.35. The average Bonchev–Trinajstić information content (AvgIpc) is 3.53. The zero-order valence-corrected chi connectivity index (χ0v) is 18.3. The number of tetrazole rings is 1. The van der Waals surface area contributed by atoms with Crippen LogP contribution in [-0.4, -0.2) is 45.1 Å². The molecule has 1 amide bonds. The number of aromatic nitrogens is 4. The summed E-state index contributed by atoms with van der Waals surface area (Å²) in [6.45, 7) is 2.34. The topological polar surface area (TPSA) is 84.0 Å². The third kappa shape index (κ3) is 5.15. The zero-order valence-electron chi connectivity index (χ0n) is 18.3. The van der Waals surface area contributed by atoms with Gasteiger partial charge in [0.15, 0.2) is 5.82 Å². The molecule has 1 aliphatic carbocycles. The third-order valence-electron chi connectivity index (χ3n) is 5.72. The second-order valence-electron chi connectivity index (χ2n) is 8.04. The van der Waals surface area contributed by atoms with Gasteiger partial charge in [0, 0.05) is 31.0 Å². The average molecular weight is 459 g/mol. The Hall–Kier alpha value is -3.43. The molecule has 174 valence electrons. The summed E-state index contributed by atoms with van der Waals surface area (Å²) in [5.74, 6) is 0.973. The molecule has 0 spiro atoms. The molecule has 0 aliphatic heterocycles. The number of H-pyrrole nitrogens is 1. The van der Waals surface area contributed by atoms with Crippen molar-refractivity contribution in [2.45, 2.75) is 38.9 Å². The maximum Gasteiger partial charge on any atom is 0.416 e. The molecular formula is C23H24F3N5O2. The maximum absolute atomic E-state index is 13.5. The minimum Gasteiger partial charge on any atom is -0.496 e. The predicted molar refractivity (Wildman–Crippen MR) is 114 cm³/mol. The van der Waals surface area contributed by atoms with Gasteiger partial charge < -0.3 is 9.64 Å². The zero-order chi connectivity index (χ0) is 23.6. The molecule has 4 rings (SSSR count). The number of benzene rings is 2.